The molecule has 0 saturated carbocycles. The lowest BCUT2D eigenvalue weighted by Crippen LogP contribution is -2.41. The summed E-state index contributed by atoms with van der Waals surface area (Å²) < 4.78 is 0. The van der Waals surface area contributed by atoms with Gasteiger partial charge >= 0.3 is 0 Å². The monoisotopic (exact) mass is 429 g/mol. The standard InChI is InChI=1S/C23H19N5O4/c1-16(20-9-5-6-14-24-20)26-27-23(30)21(25-22(29)18-7-3-2-4-8-18)15-17-10-12-19(13-11-17)28(31)32/h2-15,26H,1H2,(H,25,29)(H,27,30)/b21-15-. The van der Waals surface area contributed by atoms with Gasteiger partial charge < -0.3 is 5.32 Å². The van der Waals surface area contributed by atoms with Crippen LogP contribution in [0.5, 0.6) is 0 Å². The van der Waals surface area contributed by atoms with Crippen molar-refractivity contribution in [3.8, 4) is 0 Å². The zero-order valence-corrected chi connectivity index (χ0v) is 16.8. The number of rotatable bonds is 8. The molecule has 0 saturated heterocycles. The van der Waals surface area contributed by atoms with Crippen LogP contribution in [0.3, 0.4) is 0 Å². The first-order valence-corrected chi connectivity index (χ1v) is 9.43. The van der Waals surface area contributed by atoms with Crippen molar-refractivity contribution in [3.63, 3.8) is 0 Å². The Balaban J connectivity index is 1.80. The van der Waals surface area contributed by atoms with Crippen molar-refractivity contribution in [1.82, 2.24) is 21.2 Å². The Morgan fingerprint density at radius 2 is 1.62 bits per heavy atom. The van der Waals surface area contributed by atoms with Gasteiger partial charge in [0.05, 0.1) is 16.3 Å². The third-order valence-corrected chi connectivity index (χ3v) is 4.24. The molecule has 0 atom stereocenters. The molecule has 0 aliphatic heterocycles. The van der Waals surface area contributed by atoms with Gasteiger partial charge in [-0.05, 0) is 48.0 Å². The molecule has 9 nitrogen and oxygen atoms in total. The number of nitrogens with one attached hydrogen (secondary N) is 3. The van der Waals surface area contributed by atoms with Crippen molar-refractivity contribution in [2.24, 2.45) is 0 Å². The zero-order chi connectivity index (χ0) is 22.9. The van der Waals surface area contributed by atoms with Gasteiger partial charge in [0.25, 0.3) is 17.5 Å². The normalized spacial score (nSPS) is 10.7. The third-order valence-electron chi connectivity index (χ3n) is 4.24. The minimum absolute atomic E-state index is 0.0750. The van der Waals surface area contributed by atoms with Gasteiger partial charge in [-0.1, -0.05) is 30.8 Å². The highest BCUT2D eigenvalue weighted by molar-refractivity contribution is 6.05. The molecule has 0 aliphatic rings. The SMILES string of the molecule is C=C(NNC(=O)/C(=C/c1ccc([N+](=O)[O-])cc1)NC(=O)c1ccccc1)c1ccccn1. The first kappa shape index (κ1) is 21.9. The molecule has 3 aromatic rings. The van der Waals surface area contributed by atoms with Crippen LogP contribution in [0.2, 0.25) is 0 Å². The number of carbonyl (C=O) groups excluding carboxylic acids is 2. The molecular formula is C23H19N5O4. The maximum Gasteiger partial charge on any atom is 0.286 e. The average molecular weight is 429 g/mol. The van der Waals surface area contributed by atoms with Crippen molar-refractivity contribution in [1.29, 1.82) is 0 Å². The number of hydrogen-bond acceptors (Lipinski definition) is 6. The van der Waals surface area contributed by atoms with E-state index in [1.165, 1.54) is 30.3 Å². The fourth-order valence-corrected chi connectivity index (χ4v) is 2.61. The van der Waals surface area contributed by atoms with Crippen LogP contribution in [0.25, 0.3) is 11.8 Å². The topological polar surface area (TPSA) is 126 Å². The second-order valence-corrected chi connectivity index (χ2v) is 6.50. The summed E-state index contributed by atoms with van der Waals surface area (Å²) in [6.45, 7) is 3.82. The predicted molar refractivity (Wildman–Crippen MR) is 120 cm³/mol. The number of aromatic nitrogens is 1. The number of nitrogens with zero attached hydrogens (tertiary/aromatic N) is 2. The molecule has 3 N–H and O–H groups in total. The van der Waals surface area contributed by atoms with E-state index in [4.69, 9.17) is 0 Å². The summed E-state index contributed by atoms with van der Waals surface area (Å²) in [5.41, 5.74) is 6.69. The van der Waals surface area contributed by atoms with Crippen molar-refractivity contribution in [2.75, 3.05) is 0 Å². The Kier molecular flexibility index (Phi) is 7.05. The highest BCUT2D eigenvalue weighted by atomic mass is 16.6. The van der Waals surface area contributed by atoms with E-state index in [1.807, 2.05) is 0 Å². The lowest BCUT2D eigenvalue weighted by molar-refractivity contribution is -0.384. The van der Waals surface area contributed by atoms with Crippen LogP contribution in [0.15, 0.2) is 91.3 Å². The Bertz CT molecular complexity index is 1160. The maximum atomic E-state index is 12.8. The summed E-state index contributed by atoms with van der Waals surface area (Å²) in [6.07, 6.45) is 3.00. The van der Waals surface area contributed by atoms with E-state index >= 15 is 0 Å². The number of carbonyl (C=O) groups is 2. The molecule has 32 heavy (non-hydrogen) atoms. The molecule has 0 aliphatic carbocycles. The number of non-ortho nitro benzene ring substituents is 1. The van der Waals surface area contributed by atoms with Crippen LogP contribution < -0.4 is 16.2 Å². The minimum Gasteiger partial charge on any atom is -0.317 e. The fraction of sp³-hybridized carbons (Fsp3) is 0. The van der Waals surface area contributed by atoms with Crippen LogP contribution in [-0.4, -0.2) is 21.7 Å². The van der Waals surface area contributed by atoms with Gasteiger partial charge in [-0.3, -0.25) is 35.5 Å². The second kappa shape index (κ2) is 10.3. The molecular weight excluding hydrogens is 410 g/mol. The second-order valence-electron chi connectivity index (χ2n) is 6.50. The predicted octanol–water partition coefficient (Wildman–Crippen LogP) is 3.05. The molecule has 0 radical (unpaired) electrons. The summed E-state index contributed by atoms with van der Waals surface area (Å²) in [5, 5.41) is 13.4. The first-order valence-electron chi connectivity index (χ1n) is 9.43. The molecule has 0 unspecified atom stereocenters. The van der Waals surface area contributed by atoms with Gasteiger partial charge in [-0.2, -0.15) is 0 Å². The van der Waals surface area contributed by atoms with Gasteiger partial charge in [-0.15, -0.1) is 0 Å². The van der Waals surface area contributed by atoms with Gasteiger partial charge in [0.1, 0.15) is 5.70 Å². The summed E-state index contributed by atoms with van der Waals surface area (Å²) in [7, 11) is 0. The third kappa shape index (κ3) is 5.86. The first-order chi connectivity index (χ1) is 15.4. The Morgan fingerprint density at radius 3 is 2.25 bits per heavy atom. The Hall–Kier alpha value is -4.79. The van der Waals surface area contributed by atoms with Crippen molar-refractivity contribution >= 4 is 29.3 Å². The van der Waals surface area contributed by atoms with Gasteiger partial charge in [0.2, 0.25) is 0 Å². The van der Waals surface area contributed by atoms with Crippen LogP contribution in [-0.2, 0) is 4.79 Å². The van der Waals surface area contributed by atoms with Crippen molar-refractivity contribution in [2.45, 2.75) is 0 Å². The molecule has 2 amide bonds. The van der Waals surface area contributed by atoms with Crippen molar-refractivity contribution < 1.29 is 14.5 Å². The molecule has 0 fully saturated rings. The highest BCUT2D eigenvalue weighted by Gasteiger charge is 2.15. The summed E-state index contributed by atoms with van der Waals surface area (Å²) in [4.78, 5) is 39.8. The van der Waals surface area contributed by atoms with E-state index in [9.17, 15) is 19.7 Å². The quantitative estimate of drug-likeness (QED) is 0.287. The number of nitro groups is 1. The average Bonchev–Trinajstić information content (AvgIpc) is 2.83. The lowest BCUT2D eigenvalue weighted by Gasteiger charge is -2.14. The Labute approximate surface area is 183 Å². The van der Waals surface area contributed by atoms with Crippen LogP contribution in [0.4, 0.5) is 5.69 Å². The van der Waals surface area contributed by atoms with Crippen molar-refractivity contribution in [3.05, 3.63) is 118 Å². The molecule has 3 rings (SSSR count). The fourth-order valence-electron chi connectivity index (χ4n) is 2.61. The summed E-state index contributed by atoms with van der Waals surface area (Å²) >= 11 is 0. The zero-order valence-electron chi connectivity index (χ0n) is 16.8. The molecule has 1 heterocycles. The smallest absolute Gasteiger partial charge is 0.286 e. The van der Waals surface area contributed by atoms with E-state index in [1.54, 1.807) is 54.7 Å². The number of pyridine rings is 1. The number of nitro benzene ring substituents is 1. The van der Waals surface area contributed by atoms with Gasteiger partial charge in [-0.25, -0.2) is 0 Å². The van der Waals surface area contributed by atoms with Crippen LogP contribution in [0, 0.1) is 10.1 Å². The van der Waals surface area contributed by atoms with Crippen LogP contribution >= 0.6 is 0 Å². The van der Waals surface area contributed by atoms with Crippen LogP contribution in [0.1, 0.15) is 21.6 Å². The largest absolute Gasteiger partial charge is 0.317 e. The summed E-state index contributed by atoms with van der Waals surface area (Å²) in [6, 6.07) is 19.2. The van der Waals surface area contributed by atoms with E-state index in [2.05, 4.69) is 27.7 Å². The van der Waals surface area contributed by atoms with Gasteiger partial charge in [0.15, 0.2) is 0 Å². The molecule has 2 aromatic carbocycles. The number of hydrogen-bond donors (Lipinski definition) is 3. The molecule has 9 heteroatoms. The van der Waals surface area contributed by atoms with E-state index in [0.29, 0.717) is 22.5 Å². The lowest BCUT2D eigenvalue weighted by atomic mass is 10.1. The van der Waals surface area contributed by atoms with E-state index in [-0.39, 0.29) is 11.4 Å². The molecule has 0 spiro atoms. The highest BCUT2D eigenvalue weighted by Crippen LogP contribution is 2.14. The number of benzene rings is 2. The number of amides is 2. The van der Waals surface area contributed by atoms with E-state index < -0.39 is 16.7 Å². The van der Waals surface area contributed by atoms with E-state index in [0.717, 1.165) is 0 Å². The van der Waals surface area contributed by atoms with Gasteiger partial charge in [0, 0.05) is 23.9 Å². The molecule has 1 aromatic heterocycles. The minimum atomic E-state index is -0.648. The maximum absolute atomic E-state index is 12.8. The summed E-state index contributed by atoms with van der Waals surface area (Å²) in [5.74, 6) is -1.14. The number of hydrazine groups is 1. The molecule has 160 valence electrons. The Morgan fingerprint density at radius 1 is 0.938 bits per heavy atom. The molecule has 0 bridgehead atoms.